The third kappa shape index (κ3) is 2.28. The van der Waals surface area contributed by atoms with Crippen molar-refractivity contribution in [1.29, 1.82) is 0 Å². The molecular weight excluding hydrogens is 263 g/mol. The van der Waals surface area contributed by atoms with Crippen molar-refractivity contribution in [3.8, 4) is 0 Å². The van der Waals surface area contributed by atoms with E-state index in [1.165, 1.54) is 16.7 Å². The molecule has 0 radical (unpaired) electrons. The second kappa shape index (κ2) is 4.95. The van der Waals surface area contributed by atoms with Gasteiger partial charge in [0.1, 0.15) is 0 Å². The fourth-order valence-electron chi connectivity index (χ4n) is 2.72. The van der Waals surface area contributed by atoms with Gasteiger partial charge in [-0.3, -0.25) is 0 Å². The zero-order valence-electron chi connectivity index (χ0n) is 9.94. The predicted octanol–water partition coefficient (Wildman–Crippen LogP) is 5.03. The molecule has 0 amide bonds. The molecular formula is C16H14Cl2. The van der Waals surface area contributed by atoms with Gasteiger partial charge in [0, 0.05) is 5.02 Å². The second-order valence-electron chi connectivity index (χ2n) is 4.89. The molecule has 1 atom stereocenters. The molecule has 1 aliphatic carbocycles. The monoisotopic (exact) mass is 276 g/mol. The van der Waals surface area contributed by atoms with Crippen LogP contribution >= 0.6 is 23.2 Å². The number of halogens is 2. The first-order valence-electron chi connectivity index (χ1n) is 6.20. The molecule has 2 aromatic carbocycles. The maximum Gasteiger partial charge on any atom is 0.0619 e. The molecule has 0 fully saturated rings. The van der Waals surface area contributed by atoms with Crippen LogP contribution < -0.4 is 0 Å². The first kappa shape index (κ1) is 12.1. The zero-order chi connectivity index (χ0) is 12.5. The van der Waals surface area contributed by atoms with Gasteiger partial charge in [0.15, 0.2) is 0 Å². The summed E-state index contributed by atoms with van der Waals surface area (Å²) in [5.74, 6) is 0.491. The van der Waals surface area contributed by atoms with Crippen molar-refractivity contribution in [2.24, 2.45) is 5.92 Å². The average Bonchev–Trinajstić information content (AvgIpc) is 2.82. The Balaban J connectivity index is 1.80. The topological polar surface area (TPSA) is 0 Å². The lowest BCUT2D eigenvalue weighted by atomic mass is 9.96. The molecule has 0 aromatic heterocycles. The predicted molar refractivity (Wildman–Crippen MR) is 77.4 cm³/mol. The number of fused-ring (bicyclic) bond motifs is 1. The van der Waals surface area contributed by atoms with Crippen LogP contribution in [0, 0.1) is 5.92 Å². The van der Waals surface area contributed by atoms with Gasteiger partial charge < -0.3 is 0 Å². The van der Waals surface area contributed by atoms with Crippen LogP contribution in [0.15, 0.2) is 48.5 Å². The molecule has 0 heterocycles. The van der Waals surface area contributed by atoms with Crippen LogP contribution in [0.4, 0.5) is 0 Å². The highest BCUT2D eigenvalue weighted by atomic mass is 35.5. The van der Waals surface area contributed by atoms with Gasteiger partial charge in [-0.2, -0.15) is 0 Å². The van der Waals surface area contributed by atoms with Gasteiger partial charge in [-0.15, -0.1) is 11.6 Å². The Bertz CT molecular complexity index is 520. The van der Waals surface area contributed by atoms with Gasteiger partial charge in [-0.05, 0) is 47.6 Å². The summed E-state index contributed by atoms with van der Waals surface area (Å²) in [5, 5.41) is 0.826. The lowest BCUT2D eigenvalue weighted by Gasteiger charge is -2.17. The molecule has 1 unspecified atom stereocenters. The Morgan fingerprint density at radius 2 is 1.44 bits per heavy atom. The van der Waals surface area contributed by atoms with Crippen molar-refractivity contribution >= 4 is 23.2 Å². The molecule has 0 N–H and O–H groups in total. The van der Waals surface area contributed by atoms with E-state index in [9.17, 15) is 0 Å². The van der Waals surface area contributed by atoms with Crippen LogP contribution in [-0.4, -0.2) is 0 Å². The van der Waals surface area contributed by atoms with E-state index in [2.05, 4.69) is 24.3 Å². The van der Waals surface area contributed by atoms with Crippen molar-refractivity contribution in [3.63, 3.8) is 0 Å². The molecule has 0 bridgehead atoms. The Morgan fingerprint density at radius 1 is 0.889 bits per heavy atom. The van der Waals surface area contributed by atoms with E-state index < -0.39 is 0 Å². The molecule has 0 spiro atoms. The summed E-state index contributed by atoms with van der Waals surface area (Å²) in [5.41, 5.74) is 4.06. The van der Waals surface area contributed by atoms with Crippen LogP contribution in [0.3, 0.4) is 0 Å². The fourth-order valence-corrected chi connectivity index (χ4v) is 3.17. The molecule has 92 valence electrons. The Morgan fingerprint density at radius 3 is 2.00 bits per heavy atom. The van der Waals surface area contributed by atoms with Crippen molar-refractivity contribution < 1.29 is 0 Å². The maximum absolute atomic E-state index is 6.61. The molecule has 0 aliphatic heterocycles. The lowest BCUT2D eigenvalue weighted by Crippen LogP contribution is -2.07. The molecule has 1 aliphatic rings. The van der Waals surface area contributed by atoms with Gasteiger partial charge in [-0.1, -0.05) is 48.0 Å². The number of hydrogen-bond donors (Lipinski definition) is 0. The second-order valence-corrected chi connectivity index (χ2v) is 5.80. The molecule has 2 heteroatoms. The lowest BCUT2D eigenvalue weighted by molar-refractivity contribution is 0.541. The molecule has 0 saturated heterocycles. The van der Waals surface area contributed by atoms with E-state index in [-0.39, 0.29) is 5.38 Å². The van der Waals surface area contributed by atoms with Gasteiger partial charge in [0.2, 0.25) is 0 Å². The molecule has 3 rings (SSSR count). The summed E-state index contributed by atoms with van der Waals surface area (Å²) in [6.45, 7) is 0. The van der Waals surface area contributed by atoms with Gasteiger partial charge in [0.05, 0.1) is 5.38 Å². The number of alkyl halides is 1. The standard InChI is InChI=1S/C16H14Cl2/c17-15-7-5-11(6-8-15)16(18)14-9-12-3-1-2-4-13(12)10-14/h1-8,14,16H,9-10H2. The van der Waals surface area contributed by atoms with Crippen LogP contribution in [0.5, 0.6) is 0 Å². The third-order valence-corrected chi connectivity index (χ3v) is 4.55. The Kier molecular flexibility index (Phi) is 3.32. The first-order valence-corrected chi connectivity index (χ1v) is 7.02. The Hall–Kier alpha value is -0.980. The minimum Gasteiger partial charge on any atom is -0.117 e. The number of rotatable bonds is 2. The number of benzene rings is 2. The third-order valence-electron chi connectivity index (χ3n) is 3.68. The average molecular weight is 277 g/mol. The maximum atomic E-state index is 6.61. The largest absolute Gasteiger partial charge is 0.117 e. The highest BCUT2D eigenvalue weighted by Gasteiger charge is 2.28. The normalized spacial score (nSPS) is 16.6. The van der Waals surface area contributed by atoms with Crippen molar-refractivity contribution in [2.75, 3.05) is 0 Å². The van der Waals surface area contributed by atoms with E-state index in [0.29, 0.717) is 5.92 Å². The van der Waals surface area contributed by atoms with Crippen molar-refractivity contribution in [3.05, 3.63) is 70.2 Å². The first-order chi connectivity index (χ1) is 8.74. The fraction of sp³-hybridized carbons (Fsp3) is 0.250. The summed E-state index contributed by atoms with van der Waals surface area (Å²) < 4.78 is 0. The zero-order valence-corrected chi connectivity index (χ0v) is 11.5. The molecule has 2 aromatic rings. The van der Waals surface area contributed by atoms with Crippen LogP contribution in [0.25, 0.3) is 0 Å². The highest BCUT2D eigenvalue weighted by Crippen LogP contribution is 2.39. The minimum atomic E-state index is 0.0645. The highest BCUT2D eigenvalue weighted by molar-refractivity contribution is 6.30. The van der Waals surface area contributed by atoms with Crippen molar-refractivity contribution in [2.45, 2.75) is 18.2 Å². The van der Waals surface area contributed by atoms with E-state index in [1.54, 1.807) is 0 Å². The SMILES string of the molecule is Clc1ccc(C(Cl)C2Cc3ccccc3C2)cc1. The van der Waals surface area contributed by atoms with Gasteiger partial charge in [0.25, 0.3) is 0 Å². The summed E-state index contributed by atoms with van der Waals surface area (Å²) in [6.07, 6.45) is 2.15. The van der Waals surface area contributed by atoms with Gasteiger partial charge in [-0.25, -0.2) is 0 Å². The van der Waals surface area contributed by atoms with Gasteiger partial charge >= 0.3 is 0 Å². The van der Waals surface area contributed by atoms with Crippen LogP contribution in [0.1, 0.15) is 22.1 Å². The quantitative estimate of drug-likeness (QED) is 0.675. The van der Waals surface area contributed by atoms with E-state index in [1.807, 2.05) is 24.3 Å². The summed E-state index contributed by atoms with van der Waals surface area (Å²) in [7, 11) is 0. The van der Waals surface area contributed by atoms with Crippen LogP contribution in [0.2, 0.25) is 5.02 Å². The molecule has 18 heavy (non-hydrogen) atoms. The number of hydrogen-bond acceptors (Lipinski definition) is 0. The summed E-state index contributed by atoms with van der Waals surface area (Å²) in [6, 6.07) is 16.5. The van der Waals surface area contributed by atoms with Crippen molar-refractivity contribution in [1.82, 2.24) is 0 Å². The smallest absolute Gasteiger partial charge is 0.0619 e. The van der Waals surface area contributed by atoms with Crippen LogP contribution in [-0.2, 0) is 12.8 Å². The summed E-state index contributed by atoms with van der Waals surface area (Å²) >= 11 is 12.5. The minimum absolute atomic E-state index is 0.0645. The van der Waals surface area contributed by atoms with E-state index in [4.69, 9.17) is 23.2 Å². The molecule has 0 saturated carbocycles. The van der Waals surface area contributed by atoms with E-state index in [0.717, 1.165) is 17.9 Å². The van der Waals surface area contributed by atoms with E-state index >= 15 is 0 Å². The summed E-state index contributed by atoms with van der Waals surface area (Å²) in [4.78, 5) is 0. The Labute approximate surface area is 118 Å². The molecule has 0 nitrogen and oxygen atoms in total.